The highest BCUT2D eigenvalue weighted by atomic mass is 16.3. The van der Waals surface area contributed by atoms with Crippen LogP contribution in [0.3, 0.4) is 0 Å². The number of fused-ring (bicyclic) bond motifs is 2. The van der Waals surface area contributed by atoms with Gasteiger partial charge in [-0.2, -0.15) is 0 Å². The summed E-state index contributed by atoms with van der Waals surface area (Å²) in [4.78, 5) is 25.0. The molecule has 0 radical (unpaired) electrons. The third kappa shape index (κ3) is 4.15. The van der Waals surface area contributed by atoms with Crippen LogP contribution in [0.25, 0.3) is 10.9 Å². The molecule has 0 aliphatic heterocycles. The van der Waals surface area contributed by atoms with E-state index in [9.17, 15) is 14.7 Å². The SMILES string of the molecule is N=C(N)c1ccc2cc(C(=O)N[C@@H]3c4ccccc4C[C@H]3O)n(Cc3ccc(C(N)=O)cc3)c2c1. The van der Waals surface area contributed by atoms with Gasteiger partial charge in [-0.15, -0.1) is 0 Å². The van der Waals surface area contributed by atoms with Crippen LogP contribution in [0.5, 0.6) is 0 Å². The zero-order chi connectivity index (χ0) is 24.7. The Morgan fingerprint density at radius 1 is 1.00 bits per heavy atom. The number of hydrogen-bond donors (Lipinski definition) is 5. The van der Waals surface area contributed by atoms with Gasteiger partial charge in [-0.1, -0.05) is 48.5 Å². The Labute approximate surface area is 201 Å². The zero-order valence-electron chi connectivity index (χ0n) is 18.9. The van der Waals surface area contributed by atoms with Gasteiger partial charge in [0, 0.05) is 35.0 Å². The van der Waals surface area contributed by atoms with Gasteiger partial charge in [-0.25, -0.2) is 0 Å². The second-order valence-electron chi connectivity index (χ2n) is 8.79. The fourth-order valence-corrected chi connectivity index (χ4v) is 4.70. The Morgan fingerprint density at radius 2 is 1.71 bits per heavy atom. The number of nitrogens with zero attached hydrogens (tertiary/aromatic N) is 1. The maximum atomic E-state index is 13.5. The molecule has 2 amide bonds. The average molecular weight is 468 g/mol. The van der Waals surface area contributed by atoms with Crippen LogP contribution < -0.4 is 16.8 Å². The van der Waals surface area contributed by atoms with Crippen molar-refractivity contribution in [3.8, 4) is 0 Å². The molecule has 4 aromatic rings. The first-order chi connectivity index (χ1) is 16.8. The number of nitrogen functional groups attached to an aromatic ring is 1. The Morgan fingerprint density at radius 3 is 2.43 bits per heavy atom. The first kappa shape index (κ1) is 22.4. The molecule has 1 aliphatic rings. The van der Waals surface area contributed by atoms with E-state index in [0.29, 0.717) is 29.8 Å². The molecule has 0 unspecified atom stereocenters. The summed E-state index contributed by atoms with van der Waals surface area (Å²) < 4.78 is 1.85. The highest BCUT2D eigenvalue weighted by Gasteiger charge is 2.32. The number of carbonyl (C=O) groups excluding carboxylic acids is 2. The smallest absolute Gasteiger partial charge is 0.268 e. The highest BCUT2D eigenvalue weighted by molar-refractivity contribution is 6.02. The van der Waals surface area contributed by atoms with Crippen LogP contribution in [-0.4, -0.2) is 33.4 Å². The summed E-state index contributed by atoms with van der Waals surface area (Å²) in [6.45, 7) is 0.344. The van der Waals surface area contributed by atoms with Gasteiger partial charge in [0.15, 0.2) is 0 Å². The monoisotopic (exact) mass is 467 g/mol. The maximum Gasteiger partial charge on any atom is 0.268 e. The summed E-state index contributed by atoms with van der Waals surface area (Å²) >= 11 is 0. The topological polar surface area (TPSA) is 147 Å². The van der Waals surface area contributed by atoms with Gasteiger partial charge in [-0.3, -0.25) is 15.0 Å². The largest absolute Gasteiger partial charge is 0.390 e. The van der Waals surface area contributed by atoms with Crippen molar-refractivity contribution in [3.05, 3.63) is 106 Å². The van der Waals surface area contributed by atoms with Gasteiger partial charge < -0.3 is 26.5 Å². The number of carbonyl (C=O) groups is 2. The van der Waals surface area contributed by atoms with Crippen LogP contribution in [0.2, 0.25) is 0 Å². The molecule has 3 aromatic carbocycles. The van der Waals surface area contributed by atoms with Crippen LogP contribution in [-0.2, 0) is 13.0 Å². The quantitative estimate of drug-likeness (QED) is 0.219. The predicted octanol–water partition coefficient (Wildman–Crippen LogP) is 2.46. The van der Waals surface area contributed by atoms with Crippen LogP contribution in [0, 0.1) is 5.41 Å². The van der Waals surface area contributed by atoms with E-state index in [1.165, 1.54) is 0 Å². The summed E-state index contributed by atoms with van der Waals surface area (Å²) in [6.07, 6.45) is -0.224. The van der Waals surface area contributed by atoms with Crippen LogP contribution >= 0.6 is 0 Å². The first-order valence-corrected chi connectivity index (χ1v) is 11.2. The van der Waals surface area contributed by atoms with E-state index in [4.69, 9.17) is 16.9 Å². The predicted molar refractivity (Wildman–Crippen MR) is 133 cm³/mol. The molecule has 1 heterocycles. The van der Waals surface area contributed by atoms with E-state index in [2.05, 4.69) is 5.32 Å². The van der Waals surface area contributed by atoms with E-state index < -0.39 is 18.1 Å². The van der Waals surface area contributed by atoms with Crippen molar-refractivity contribution in [2.45, 2.75) is 25.1 Å². The number of nitrogens with one attached hydrogen (secondary N) is 2. The Hall–Kier alpha value is -4.43. The third-order valence-corrected chi connectivity index (χ3v) is 6.52. The minimum Gasteiger partial charge on any atom is -0.390 e. The molecule has 8 heteroatoms. The molecule has 8 nitrogen and oxygen atoms in total. The molecule has 7 N–H and O–H groups in total. The lowest BCUT2D eigenvalue weighted by atomic mass is 10.1. The van der Waals surface area contributed by atoms with E-state index >= 15 is 0 Å². The minimum absolute atomic E-state index is 0.0675. The summed E-state index contributed by atoms with van der Waals surface area (Å²) in [7, 11) is 0. The first-order valence-electron chi connectivity index (χ1n) is 11.2. The van der Waals surface area contributed by atoms with Crippen molar-refractivity contribution in [1.82, 2.24) is 9.88 Å². The zero-order valence-corrected chi connectivity index (χ0v) is 18.9. The van der Waals surface area contributed by atoms with Gasteiger partial charge >= 0.3 is 0 Å². The van der Waals surface area contributed by atoms with Crippen molar-refractivity contribution in [3.63, 3.8) is 0 Å². The summed E-state index contributed by atoms with van der Waals surface area (Å²) in [6, 6.07) is 21.2. The molecule has 5 rings (SSSR count). The second-order valence-corrected chi connectivity index (χ2v) is 8.79. The number of aliphatic hydroxyl groups excluding tert-OH is 1. The molecular formula is C27H25N5O3. The number of amidine groups is 1. The molecule has 2 atom stereocenters. The molecule has 1 aliphatic carbocycles. The molecule has 35 heavy (non-hydrogen) atoms. The molecule has 0 bridgehead atoms. The number of nitrogens with two attached hydrogens (primary N) is 2. The third-order valence-electron chi connectivity index (χ3n) is 6.52. The number of primary amides is 1. The van der Waals surface area contributed by atoms with E-state index in [0.717, 1.165) is 27.6 Å². The molecule has 176 valence electrons. The van der Waals surface area contributed by atoms with Crippen molar-refractivity contribution in [1.29, 1.82) is 5.41 Å². The lowest BCUT2D eigenvalue weighted by Gasteiger charge is -2.19. The molecule has 0 saturated carbocycles. The van der Waals surface area contributed by atoms with E-state index in [-0.39, 0.29) is 11.7 Å². The Kier molecular flexibility index (Phi) is 5.58. The van der Waals surface area contributed by atoms with Gasteiger partial charge in [0.1, 0.15) is 11.5 Å². The van der Waals surface area contributed by atoms with Crippen LogP contribution in [0.4, 0.5) is 0 Å². The van der Waals surface area contributed by atoms with Crippen molar-refractivity contribution in [2.24, 2.45) is 11.5 Å². The second kappa shape index (κ2) is 8.73. The van der Waals surface area contributed by atoms with E-state index in [1.54, 1.807) is 42.5 Å². The fourth-order valence-electron chi connectivity index (χ4n) is 4.70. The van der Waals surface area contributed by atoms with Gasteiger partial charge in [-0.05, 0) is 41.0 Å². The summed E-state index contributed by atoms with van der Waals surface area (Å²) in [5.74, 6) is -0.897. The summed E-state index contributed by atoms with van der Waals surface area (Å²) in [5.41, 5.74) is 16.0. The number of aliphatic hydroxyl groups is 1. The fraction of sp³-hybridized carbons (Fsp3) is 0.148. The Balaban J connectivity index is 1.54. The maximum absolute atomic E-state index is 13.5. The lowest BCUT2D eigenvalue weighted by Crippen LogP contribution is -2.35. The van der Waals surface area contributed by atoms with Crippen molar-refractivity contribution >= 4 is 28.6 Å². The molecule has 1 aromatic heterocycles. The van der Waals surface area contributed by atoms with Crippen molar-refractivity contribution < 1.29 is 14.7 Å². The van der Waals surface area contributed by atoms with Crippen LogP contribution in [0.15, 0.2) is 72.8 Å². The van der Waals surface area contributed by atoms with E-state index in [1.807, 2.05) is 34.9 Å². The number of amides is 2. The lowest BCUT2D eigenvalue weighted by molar-refractivity contribution is 0.0850. The van der Waals surface area contributed by atoms with Gasteiger partial charge in [0.05, 0.1) is 12.1 Å². The molecule has 0 saturated heterocycles. The standard InChI is InChI=1S/C27H25N5O3/c28-25(29)19-10-9-18-11-22(27(35)31-24-20-4-2-1-3-17(20)13-23(24)33)32(21(18)12-19)14-15-5-7-16(8-6-15)26(30)34/h1-12,23-24,33H,13-14H2,(H3,28,29)(H2,30,34)(H,31,35)/t23-,24-/m1/s1. The number of hydrogen-bond acceptors (Lipinski definition) is 4. The van der Waals surface area contributed by atoms with Gasteiger partial charge in [0.2, 0.25) is 5.91 Å². The molecule has 0 spiro atoms. The van der Waals surface area contributed by atoms with Crippen molar-refractivity contribution in [2.75, 3.05) is 0 Å². The number of aromatic nitrogens is 1. The minimum atomic E-state index is -0.708. The highest BCUT2D eigenvalue weighted by Crippen LogP contribution is 2.32. The number of benzene rings is 3. The summed E-state index contributed by atoms with van der Waals surface area (Å²) in [5, 5.41) is 22.3. The number of rotatable bonds is 6. The van der Waals surface area contributed by atoms with Gasteiger partial charge in [0.25, 0.3) is 5.91 Å². The molecule has 0 fully saturated rings. The average Bonchev–Trinajstić information content (AvgIpc) is 3.36. The molecular weight excluding hydrogens is 442 g/mol. The normalized spacial score (nSPS) is 16.7. The van der Waals surface area contributed by atoms with Crippen LogP contribution in [0.1, 0.15) is 49.1 Å². The Bertz CT molecular complexity index is 1470.